The number of carbonyl (C=O) groups is 2. The van der Waals surface area contributed by atoms with Gasteiger partial charge in [-0.05, 0) is 30.9 Å². The number of rotatable bonds is 9. The van der Waals surface area contributed by atoms with Gasteiger partial charge < -0.3 is 15.2 Å². The van der Waals surface area contributed by atoms with Gasteiger partial charge in [0.2, 0.25) is 0 Å². The summed E-state index contributed by atoms with van der Waals surface area (Å²) in [6, 6.07) is 18.4. The van der Waals surface area contributed by atoms with Gasteiger partial charge in [-0.15, -0.1) is 0 Å². The lowest BCUT2D eigenvalue weighted by Crippen LogP contribution is -2.64. The molecule has 0 fully saturated rings. The maximum atomic E-state index is 12.5. The molecule has 0 aromatic heterocycles. The molecule has 2 N–H and O–H groups in total. The molecule has 0 bridgehead atoms. The lowest BCUT2D eigenvalue weighted by Gasteiger charge is -2.42. The van der Waals surface area contributed by atoms with Crippen LogP contribution in [0.4, 0.5) is 4.79 Å². The molecule has 2 aromatic rings. The van der Waals surface area contributed by atoms with E-state index in [1.54, 1.807) is 6.92 Å². The van der Waals surface area contributed by atoms with Crippen molar-refractivity contribution in [1.82, 2.24) is 5.32 Å². The molecule has 7 heteroatoms. The number of carboxylic acid groups (broad SMARTS) is 1. The van der Waals surface area contributed by atoms with Gasteiger partial charge in [0.15, 0.2) is 13.6 Å². The number of ether oxygens (including phenoxy) is 1. The maximum absolute atomic E-state index is 12.5. The second-order valence-electron chi connectivity index (χ2n) is 6.75. The van der Waals surface area contributed by atoms with Crippen LogP contribution in [0.25, 0.3) is 0 Å². The monoisotopic (exact) mass is 401 g/mol. The molecule has 0 spiro atoms. The molecule has 2 aromatic carbocycles. The predicted molar refractivity (Wildman–Crippen MR) is 107 cm³/mol. The average Bonchev–Trinajstić information content (AvgIpc) is 2.72. The number of hydrogen-bond donors (Lipinski definition) is 2. The molecule has 0 aliphatic heterocycles. The van der Waals surface area contributed by atoms with Crippen LogP contribution in [-0.4, -0.2) is 27.9 Å². The maximum Gasteiger partial charge on any atom is 0.407 e. The van der Waals surface area contributed by atoms with E-state index in [0.29, 0.717) is 0 Å². The van der Waals surface area contributed by atoms with Gasteiger partial charge in [0.25, 0.3) is 0 Å². The van der Waals surface area contributed by atoms with E-state index in [-0.39, 0.29) is 19.4 Å². The van der Waals surface area contributed by atoms with Gasteiger partial charge in [-0.3, -0.25) is 9.36 Å². The second kappa shape index (κ2) is 9.47. The van der Waals surface area contributed by atoms with Crippen molar-refractivity contribution in [3.05, 3.63) is 71.8 Å². The largest absolute Gasteiger partial charge is 0.480 e. The van der Waals surface area contributed by atoms with Crippen LogP contribution in [0.5, 0.6) is 0 Å². The SMILES string of the molecule is CCC(Cc1ccccc1)(NC(=O)OCc1ccccc1)C(C)(P=O)C(=O)O. The van der Waals surface area contributed by atoms with Crippen molar-refractivity contribution in [2.24, 2.45) is 0 Å². The van der Waals surface area contributed by atoms with E-state index in [0.717, 1.165) is 11.1 Å². The van der Waals surface area contributed by atoms with E-state index in [1.807, 2.05) is 60.7 Å². The van der Waals surface area contributed by atoms with Crippen LogP contribution in [0.1, 0.15) is 31.4 Å². The van der Waals surface area contributed by atoms with Crippen molar-refractivity contribution >= 4 is 20.5 Å². The summed E-state index contributed by atoms with van der Waals surface area (Å²) in [5, 5.41) is 10.8. The van der Waals surface area contributed by atoms with E-state index >= 15 is 0 Å². The summed E-state index contributed by atoms with van der Waals surface area (Å²) in [4.78, 5) is 24.5. The summed E-state index contributed by atoms with van der Waals surface area (Å²) in [6.07, 6.45) is -0.304. The zero-order valence-corrected chi connectivity index (χ0v) is 16.8. The number of aliphatic carboxylic acids is 1. The average molecular weight is 401 g/mol. The van der Waals surface area contributed by atoms with Crippen LogP contribution in [0.3, 0.4) is 0 Å². The van der Waals surface area contributed by atoms with Crippen molar-refractivity contribution < 1.29 is 24.0 Å². The highest BCUT2D eigenvalue weighted by atomic mass is 31.1. The first kappa shape index (κ1) is 21.6. The van der Waals surface area contributed by atoms with E-state index in [9.17, 15) is 19.3 Å². The molecular weight excluding hydrogens is 377 g/mol. The summed E-state index contributed by atoms with van der Waals surface area (Å²) < 4.78 is 17.2. The Morgan fingerprint density at radius 3 is 2.04 bits per heavy atom. The standard InChI is InChI=1S/C21H24NO5P/c1-3-21(20(2,28-26)18(23)24,14-16-10-6-4-7-11-16)22-19(25)27-15-17-12-8-5-9-13-17/h4-13H,3,14-15H2,1-2H3,(H,22,25)(H,23,24). The van der Waals surface area contributed by atoms with Crippen LogP contribution in [0.15, 0.2) is 60.7 Å². The topological polar surface area (TPSA) is 92.7 Å². The van der Waals surface area contributed by atoms with Gasteiger partial charge in [-0.1, -0.05) is 67.6 Å². The van der Waals surface area contributed by atoms with Crippen molar-refractivity contribution in [3.63, 3.8) is 0 Å². The van der Waals surface area contributed by atoms with Crippen LogP contribution in [-0.2, 0) is 27.1 Å². The highest BCUT2D eigenvalue weighted by Crippen LogP contribution is 2.40. The Bertz CT molecular complexity index is 814. The normalized spacial score (nSPS) is 15.2. The third-order valence-corrected chi connectivity index (χ3v) is 6.02. The number of hydrogen-bond acceptors (Lipinski definition) is 4. The van der Waals surface area contributed by atoms with Crippen molar-refractivity contribution in [2.45, 2.75) is 44.0 Å². The van der Waals surface area contributed by atoms with Crippen LogP contribution in [0, 0.1) is 0 Å². The lowest BCUT2D eigenvalue weighted by atomic mass is 9.77. The van der Waals surface area contributed by atoms with Gasteiger partial charge in [0.05, 0.1) is 5.54 Å². The van der Waals surface area contributed by atoms with Crippen LogP contribution >= 0.6 is 8.46 Å². The molecular formula is C21H24NO5P. The Morgan fingerprint density at radius 2 is 1.57 bits per heavy atom. The van der Waals surface area contributed by atoms with Crippen LogP contribution < -0.4 is 5.32 Å². The van der Waals surface area contributed by atoms with Gasteiger partial charge in [0.1, 0.15) is 6.61 Å². The zero-order chi connectivity index (χ0) is 20.6. The van der Waals surface area contributed by atoms with Crippen molar-refractivity contribution in [2.75, 3.05) is 0 Å². The third kappa shape index (κ3) is 4.76. The number of alkyl carbamates (subject to hydrolysis) is 1. The lowest BCUT2D eigenvalue weighted by molar-refractivity contribution is -0.142. The minimum absolute atomic E-state index is 0.0523. The summed E-state index contributed by atoms with van der Waals surface area (Å²) in [6.45, 7) is 3.18. The smallest absolute Gasteiger partial charge is 0.407 e. The molecule has 0 heterocycles. The number of carboxylic acids is 1. The fourth-order valence-electron chi connectivity index (χ4n) is 3.13. The van der Waals surface area contributed by atoms with Gasteiger partial charge in [0, 0.05) is 0 Å². The molecule has 0 aliphatic rings. The first-order chi connectivity index (χ1) is 13.4. The highest BCUT2D eigenvalue weighted by molar-refractivity contribution is 7.28. The Morgan fingerprint density at radius 1 is 1.04 bits per heavy atom. The summed E-state index contributed by atoms with van der Waals surface area (Å²) >= 11 is 0. The Kier molecular flexibility index (Phi) is 7.30. The van der Waals surface area contributed by atoms with Crippen molar-refractivity contribution in [3.8, 4) is 0 Å². The Balaban J connectivity index is 2.29. The van der Waals surface area contributed by atoms with Crippen LogP contribution in [0.2, 0.25) is 0 Å². The van der Waals surface area contributed by atoms with Crippen molar-refractivity contribution in [1.29, 1.82) is 0 Å². The number of benzene rings is 2. The molecule has 2 unspecified atom stereocenters. The molecule has 148 valence electrons. The zero-order valence-electron chi connectivity index (χ0n) is 15.9. The fourth-order valence-corrected chi connectivity index (χ4v) is 3.67. The minimum atomic E-state index is -1.73. The van der Waals surface area contributed by atoms with Gasteiger partial charge in [-0.2, -0.15) is 0 Å². The first-order valence-corrected chi connectivity index (χ1v) is 9.79. The molecule has 0 saturated carbocycles. The Hall–Kier alpha value is -2.72. The number of amides is 1. The summed E-state index contributed by atoms with van der Waals surface area (Å²) in [5.41, 5.74) is 0.326. The highest BCUT2D eigenvalue weighted by Gasteiger charge is 2.55. The molecule has 1 amide bonds. The molecule has 2 atom stereocenters. The van der Waals surface area contributed by atoms with E-state index in [1.165, 1.54) is 6.92 Å². The molecule has 0 radical (unpaired) electrons. The minimum Gasteiger partial charge on any atom is -0.480 e. The van der Waals surface area contributed by atoms with E-state index < -0.39 is 31.2 Å². The third-order valence-electron chi connectivity index (χ3n) is 5.04. The predicted octanol–water partition coefficient (Wildman–Crippen LogP) is 4.44. The van der Waals surface area contributed by atoms with Gasteiger partial charge in [-0.25, -0.2) is 4.79 Å². The quantitative estimate of drug-likeness (QED) is 0.606. The molecule has 6 nitrogen and oxygen atoms in total. The number of nitrogens with one attached hydrogen (secondary N) is 1. The fraction of sp³-hybridized carbons (Fsp3) is 0.333. The van der Waals surface area contributed by atoms with E-state index in [4.69, 9.17) is 4.74 Å². The Labute approximate surface area is 166 Å². The first-order valence-electron chi connectivity index (χ1n) is 8.97. The van der Waals surface area contributed by atoms with Gasteiger partial charge >= 0.3 is 12.1 Å². The van der Waals surface area contributed by atoms with E-state index in [2.05, 4.69) is 5.32 Å². The second-order valence-corrected chi connectivity index (χ2v) is 7.83. The summed E-state index contributed by atoms with van der Waals surface area (Å²) in [5.74, 6) is -1.26. The molecule has 0 saturated heterocycles. The molecule has 0 aliphatic carbocycles. The summed E-state index contributed by atoms with van der Waals surface area (Å²) in [7, 11) is -0.593. The molecule has 2 rings (SSSR count). The number of carbonyl (C=O) groups excluding carboxylic acids is 1. The molecule has 28 heavy (non-hydrogen) atoms.